The van der Waals surface area contributed by atoms with Gasteiger partial charge in [-0.25, -0.2) is 0 Å². The predicted octanol–water partition coefficient (Wildman–Crippen LogP) is 1.80. The minimum atomic E-state index is -1.61. The summed E-state index contributed by atoms with van der Waals surface area (Å²) in [7, 11) is 0. The lowest BCUT2D eigenvalue weighted by atomic mass is 9.49. The summed E-state index contributed by atoms with van der Waals surface area (Å²) in [5, 5.41) is 62.6. The standard InChI is InChI=1S/C32H50O11/c1-16-6-9-21-31(3,4)22(10-12-32(21,5)19(16)8-7-18-11-13-39-15-18)42-30-28(26(37)24(35)20(14-33)41-30)43-29-27(38)25(36)23(34)17(2)40-29/h11,13,15,17,20-30,33-38H,6-10,12,14H2,1-5H3/t17-,20+,21-,22-,23-,24+,25+,26-,27+,28+,29-,30-,32+/m0/s1. The number of aryl methyl sites for hydroxylation is 1. The van der Waals surface area contributed by atoms with Crippen LogP contribution < -0.4 is 0 Å². The Morgan fingerprint density at radius 2 is 1.63 bits per heavy atom. The first-order valence-corrected chi connectivity index (χ1v) is 15.6. The normalized spacial score (nSPS) is 45.2. The molecule has 0 radical (unpaired) electrons. The van der Waals surface area contributed by atoms with Gasteiger partial charge in [-0.2, -0.15) is 0 Å². The molecular formula is C32H50O11. The Balaban J connectivity index is 1.35. The van der Waals surface area contributed by atoms with E-state index in [1.807, 2.05) is 12.3 Å². The van der Waals surface area contributed by atoms with E-state index >= 15 is 0 Å². The van der Waals surface area contributed by atoms with Crippen LogP contribution in [0.1, 0.15) is 72.3 Å². The molecule has 13 atom stereocenters. The van der Waals surface area contributed by atoms with E-state index in [2.05, 4.69) is 27.7 Å². The third-order valence-corrected chi connectivity index (χ3v) is 10.9. The van der Waals surface area contributed by atoms with Crippen LogP contribution in [0.25, 0.3) is 0 Å². The average molecular weight is 611 g/mol. The molecule has 2 aliphatic carbocycles. The van der Waals surface area contributed by atoms with E-state index in [1.54, 1.807) is 6.26 Å². The van der Waals surface area contributed by atoms with Crippen molar-refractivity contribution in [2.24, 2.45) is 16.7 Å². The Hall–Kier alpha value is -1.38. The molecule has 1 saturated carbocycles. The van der Waals surface area contributed by atoms with Crippen molar-refractivity contribution < 1.29 is 54.0 Å². The summed E-state index contributed by atoms with van der Waals surface area (Å²) in [4.78, 5) is 0. The van der Waals surface area contributed by atoms with Crippen molar-refractivity contribution in [1.82, 2.24) is 0 Å². The third kappa shape index (κ3) is 6.10. The van der Waals surface area contributed by atoms with Gasteiger partial charge in [-0.15, -0.1) is 0 Å². The van der Waals surface area contributed by atoms with Gasteiger partial charge in [0.05, 0.1) is 31.3 Å². The number of hydrogen-bond acceptors (Lipinski definition) is 11. The van der Waals surface area contributed by atoms with Gasteiger partial charge < -0.3 is 54.0 Å². The summed E-state index contributed by atoms with van der Waals surface area (Å²) >= 11 is 0. The predicted molar refractivity (Wildman–Crippen MR) is 153 cm³/mol. The zero-order valence-electron chi connectivity index (χ0n) is 25.8. The highest BCUT2D eigenvalue weighted by Gasteiger charge is 2.57. The van der Waals surface area contributed by atoms with E-state index in [4.69, 9.17) is 23.4 Å². The van der Waals surface area contributed by atoms with Gasteiger partial charge in [-0.1, -0.05) is 31.9 Å². The van der Waals surface area contributed by atoms with Crippen LogP contribution in [0.2, 0.25) is 0 Å². The highest BCUT2D eigenvalue weighted by atomic mass is 16.8. The molecule has 2 aliphatic heterocycles. The Kier molecular flexibility index (Phi) is 9.81. The zero-order chi connectivity index (χ0) is 31.3. The quantitative estimate of drug-likeness (QED) is 0.237. The first-order chi connectivity index (χ1) is 20.3. The molecular weight excluding hydrogens is 560 g/mol. The van der Waals surface area contributed by atoms with Crippen LogP contribution in [-0.4, -0.2) is 105 Å². The van der Waals surface area contributed by atoms with Gasteiger partial charge in [0.1, 0.15) is 42.7 Å². The molecule has 11 nitrogen and oxygen atoms in total. The Bertz CT molecular complexity index is 1100. The second-order valence-corrected chi connectivity index (χ2v) is 13.9. The number of aliphatic hydroxyl groups excluding tert-OH is 6. The lowest BCUT2D eigenvalue weighted by molar-refractivity contribution is -0.375. The van der Waals surface area contributed by atoms with Gasteiger partial charge in [-0.3, -0.25) is 0 Å². The molecule has 5 rings (SSSR count). The van der Waals surface area contributed by atoms with Gasteiger partial charge in [0.25, 0.3) is 0 Å². The van der Waals surface area contributed by atoms with Crippen molar-refractivity contribution in [2.45, 2.75) is 141 Å². The molecule has 6 N–H and O–H groups in total. The first-order valence-electron chi connectivity index (χ1n) is 15.6. The summed E-state index contributed by atoms with van der Waals surface area (Å²) in [5.74, 6) is 0.301. The summed E-state index contributed by atoms with van der Waals surface area (Å²) in [5.41, 5.74) is 3.81. The minimum absolute atomic E-state index is 0.0186. The van der Waals surface area contributed by atoms with Gasteiger partial charge in [0, 0.05) is 0 Å². The zero-order valence-corrected chi connectivity index (χ0v) is 25.8. The molecule has 1 aromatic rings. The van der Waals surface area contributed by atoms with Crippen molar-refractivity contribution >= 4 is 0 Å². The average Bonchev–Trinajstić information content (AvgIpc) is 3.48. The Morgan fingerprint density at radius 1 is 0.884 bits per heavy atom. The molecule has 4 aliphatic rings. The van der Waals surface area contributed by atoms with Gasteiger partial charge >= 0.3 is 0 Å². The largest absolute Gasteiger partial charge is 0.472 e. The summed E-state index contributed by atoms with van der Waals surface area (Å²) in [6.07, 6.45) is -4.72. The molecule has 11 heteroatoms. The first kappa shape index (κ1) is 33.0. The Labute approximate surface area is 253 Å². The maximum absolute atomic E-state index is 11.1. The molecule has 1 aromatic heterocycles. The van der Waals surface area contributed by atoms with E-state index in [0.29, 0.717) is 12.3 Å². The van der Waals surface area contributed by atoms with Crippen LogP contribution in [0.5, 0.6) is 0 Å². The second-order valence-electron chi connectivity index (χ2n) is 13.9. The van der Waals surface area contributed by atoms with Crippen LogP contribution in [0.3, 0.4) is 0 Å². The van der Waals surface area contributed by atoms with Crippen LogP contribution in [-0.2, 0) is 25.4 Å². The van der Waals surface area contributed by atoms with Crippen molar-refractivity contribution in [3.63, 3.8) is 0 Å². The van der Waals surface area contributed by atoms with Crippen LogP contribution in [0.4, 0.5) is 0 Å². The summed E-state index contributed by atoms with van der Waals surface area (Å²) in [6.45, 7) is 10.0. The van der Waals surface area contributed by atoms with Crippen molar-refractivity contribution in [3.8, 4) is 0 Å². The molecule has 2 saturated heterocycles. The smallest absolute Gasteiger partial charge is 0.187 e. The fraction of sp³-hybridized carbons (Fsp3) is 0.812. The Morgan fingerprint density at radius 3 is 2.30 bits per heavy atom. The van der Waals surface area contributed by atoms with Crippen LogP contribution >= 0.6 is 0 Å². The fourth-order valence-corrected chi connectivity index (χ4v) is 8.27. The topological polar surface area (TPSA) is 171 Å². The highest BCUT2D eigenvalue weighted by Crippen LogP contribution is 2.61. The molecule has 0 aromatic carbocycles. The van der Waals surface area contributed by atoms with E-state index in [9.17, 15) is 30.6 Å². The fourth-order valence-electron chi connectivity index (χ4n) is 8.27. The van der Waals surface area contributed by atoms with E-state index < -0.39 is 68.0 Å². The molecule has 3 fully saturated rings. The number of rotatable bonds is 8. The summed E-state index contributed by atoms with van der Waals surface area (Å²) < 4.78 is 29.5. The minimum Gasteiger partial charge on any atom is -0.472 e. The van der Waals surface area contributed by atoms with Crippen molar-refractivity contribution in [2.75, 3.05) is 6.61 Å². The number of ether oxygens (including phenoxy) is 4. The van der Waals surface area contributed by atoms with Crippen LogP contribution in [0.15, 0.2) is 34.2 Å². The number of furan rings is 1. The van der Waals surface area contributed by atoms with E-state index in [1.165, 1.54) is 23.6 Å². The lowest BCUT2D eigenvalue weighted by Gasteiger charge is -2.58. The van der Waals surface area contributed by atoms with E-state index in [-0.39, 0.29) is 16.9 Å². The molecule has 0 amide bonds. The molecule has 3 heterocycles. The SMILES string of the molecule is CC1=C(CCc2ccoc2)[C@@]2(C)CC[C@H](O[C@@H]3O[C@H](CO)[C@@H](O)[C@H](O)[C@H]3O[C@@H]3O[C@@H](C)[C@H](O)[C@@H](O)[C@H]3O)C(C)(C)[C@@H]2CC1. The van der Waals surface area contributed by atoms with Crippen LogP contribution in [0, 0.1) is 16.7 Å². The number of hydrogen-bond donors (Lipinski definition) is 6. The second kappa shape index (κ2) is 12.8. The molecule has 0 spiro atoms. The third-order valence-electron chi connectivity index (χ3n) is 10.9. The molecule has 244 valence electrons. The van der Waals surface area contributed by atoms with Crippen molar-refractivity contribution in [1.29, 1.82) is 0 Å². The van der Waals surface area contributed by atoms with Gasteiger partial charge in [0.2, 0.25) is 0 Å². The van der Waals surface area contributed by atoms with Gasteiger partial charge in [0.15, 0.2) is 12.6 Å². The summed E-state index contributed by atoms with van der Waals surface area (Å²) in [6, 6.07) is 2.02. The highest BCUT2D eigenvalue weighted by molar-refractivity contribution is 5.29. The molecule has 0 bridgehead atoms. The lowest BCUT2D eigenvalue weighted by Crippen LogP contribution is -2.65. The molecule has 0 unspecified atom stereocenters. The monoisotopic (exact) mass is 610 g/mol. The molecule has 43 heavy (non-hydrogen) atoms. The number of allylic oxidation sites excluding steroid dienone is 2. The maximum atomic E-state index is 11.1. The van der Waals surface area contributed by atoms with Gasteiger partial charge in [-0.05, 0) is 80.8 Å². The number of fused-ring (bicyclic) bond motifs is 1. The number of aliphatic hydroxyl groups is 6. The van der Waals surface area contributed by atoms with Crippen molar-refractivity contribution in [3.05, 3.63) is 35.3 Å². The maximum Gasteiger partial charge on any atom is 0.187 e. The van der Waals surface area contributed by atoms with E-state index in [0.717, 1.165) is 32.1 Å².